The van der Waals surface area contributed by atoms with Crippen LogP contribution in [0.15, 0.2) is 41.3 Å². The number of morpholine rings is 1. The van der Waals surface area contributed by atoms with Gasteiger partial charge in [0.25, 0.3) is 5.91 Å². The minimum absolute atomic E-state index is 0.0947. The molecule has 0 radical (unpaired) electrons. The van der Waals surface area contributed by atoms with Gasteiger partial charge < -0.3 is 24.0 Å². The van der Waals surface area contributed by atoms with Gasteiger partial charge in [-0.25, -0.2) is 13.6 Å². The topological polar surface area (TPSA) is 111 Å². The molecule has 1 saturated heterocycles. The average molecular weight is 462 g/mol. The summed E-state index contributed by atoms with van der Waals surface area (Å²) in [5, 5.41) is 5.35. The predicted octanol–water partition coefficient (Wildman–Crippen LogP) is 1.60. The minimum atomic E-state index is -3.96. The first kappa shape index (κ1) is 22.4. The number of fused-ring (bicyclic) bond motifs is 1. The number of nitrogens with zero attached hydrogens (tertiary/aromatic N) is 2. The van der Waals surface area contributed by atoms with Crippen LogP contribution < -0.4 is 19.5 Å². The SMILES string of the molecule is CCN(Cc1cccc2c1OCCO2)C(=O)c1cc(S(N)(=O)=O)ccc1N1CCOCC1. The van der Waals surface area contributed by atoms with Crippen molar-refractivity contribution in [3.8, 4) is 11.5 Å². The van der Waals surface area contributed by atoms with Gasteiger partial charge in [0.1, 0.15) is 13.2 Å². The highest BCUT2D eigenvalue weighted by atomic mass is 32.2. The number of carbonyl (C=O) groups is 1. The number of carbonyl (C=O) groups excluding carboxylic acids is 1. The van der Waals surface area contributed by atoms with Crippen LogP contribution in [-0.2, 0) is 21.3 Å². The van der Waals surface area contributed by atoms with Crippen molar-refractivity contribution in [3.05, 3.63) is 47.5 Å². The molecular weight excluding hydrogens is 434 g/mol. The average Bonchev–Trinajstić information content (AvgIpc) is 2.81. The number of nitrogens with two attached hydrogens (primary N) is 1. The van der Waals surface area contributed by atoms with E-state index in [0.29, 0.717) is 75.4 Å². The number of amides is 1. The first-order chi connectivity index (χ1) is 15.4. The molecule has 10 heteroatoms. The van der Waals surface area contributed by atoms with Crippen molar-refractivity contribution in [1.82, 2.24) is 4.90 Å². The fourth-order valence-corrected chi connectivity index (χ4v) is 4.45. The summed E-state index contributed by atoms with van der Waals surface area (Å²) < 4.78 is 40.8. The molecule has 1 fully saturated rings. The van der Waals surface area contributed by atoms with E-state index >= 15 is 0 Å². The molecule has 9 nitrogen and oxygen atoms in total. The van der Waals surface area contributed by atoms with Gasteiger partial charge in [-0.15, -0.1) is 0 Å². The Bertz CT molecular complexity index is 1100. The fourth-order valence-electron chi connectivity index (χ4n) is 3.91. The van der Waals surface area contributed by atoms with Gasteiger partial charge >= 0.3 is 0 Å². The Labute approximate surface area is 187 Å². The lowest BCUT2D eigenvalue weighted by molar-refractivity contribution is 0.0748. The number of ether oxygens (including phenoxy) is 3. The van der Waals surface area contributed by atoms with Crippen LogP contribution >= 0.6 is 0 Å². The predicted molar refractivity (Wildman–Crippen MR) is 119 cm³/mol. The van der Waals surface area contributed by atoms with E-state index in [-0.39, 0.29) is 10.8 Å². The molecule has 2 heterocycles. The van der Waals surface area contributed by atoms with Crippen molar-refractivity contribution >= 4 is 21.6 Å². The molecule has 2 aliphatic heterocycles. The van der Waals surface area contributed by atoms with Gasteiger partial charge in [0, 0.05) is 37.4 Å². The van der Waals surface area contributed by atoms with Gasteiger partial charge in [-0.3, -0.25) is 4.79 Å². The maximum absolute atomic E-state index is 13.7. The molecule has 0 saturated carbocycles. The third kappa shape index (κ3) is 4.67. The standard InChI is InChI=1S/C22H27N3O6S/c1-2-24(15-16-4-3-5-20-21(16)31-13-12-30-20)22(26)18-14-17(32(23,27)28)6-7-19(18)25-8-10-29-11-9-25/h3-7,14H,2,8-13,15H2,1H3,(H2,23,27,28). The van der Waals surface area contributed by atoms with Crippen LogP contribution in [-0.4, -0.2) is 65.3 Å². The van der Waals surface area contributed by atoms with E-state index in [0.717, 1.165) is 5.56 Å². The van der Waals surface area contributed by atoms with Crippen molar-refractivity contribution in [3.63, 3.8) is 0 Å². The fraction of sp³-hybridized carbons (Fsp3) is 0.409. The summed E-state index contributed by atoms with van der Waals surface area (Å²) in [6.07, 6.45) is 0. The van der Waals surface area contributed by atoms with Crippen LogP contribution in [0.1, 0.15) is 22.8 Å². The molecule has 2 aromatic carbocycles. The lowest BCUT2D eigenvalue weighted by Crippen LogP contribution is -2.38. The van der Waals surface area contributed by atoms with Crippen molar-refractivity contribution in [2.75, 3.05) is 51.0 Å². The Balaban J connectivity index is 1.69. The summed E-state index contributed by atoms with van der Waals surface area (Å²) in [5.74, 6) is 1.01. The summed E-state index contributed by atoms with van der Waals surface area (Å²) in [7, 11) is -3.96. The molecule has 0 unspecified atom stereocenters. The van der Waals surface area contributed by atoms with Crippen LogP contribution in [0.25, 0.3) is 0 Å². The molecule has 2 N–H and O–H groups in total. The van der Waals surface area contributed by atoms with Crippen molar-refractivity contribution in [1.29, 1.82) is 0 Å². The Hall–Kier alpha value is -2.82. The highest BCUT2D eigenvalue weighted by Gasteiger charge is 2.26. The minimum Gasteiger partial charge on any atom is -0.486 e. The Kier molecular flexibility index (Phi) is 6.54. The second-order valence-electron chi connectivity index (χ2n) is 7.58. The summed E-state index contributed by atoms with van der Waals surface area (Å²) >= 11 is 0. The number of rotatable bonds is 6. The summed E-state index contributed by atoms with van der Waals surface area (Å²) in [4.78, 5) is 17.2. The van der Waals surface area contributed by atoms with E-state index in [1.807, 2.05) is 30.0 Å². The molecule has 172 valence electrons. The van der Waals surface area contributed by atoms with Gasteiger partial charge in [-0.1, -0.05) is 12.1 Å². The van der Waals surface area contributed by atoms with Crippen molar-refractivity contribution < 1.29 is 27.4 Å². The lowest BCUT2D eigenvalue weighted by Gasteiger charge is -2.32. The zero-order chi connectivity index (χ0) is 22.7. The summed E-state index contributed by atoms with van der Waals surface area (Å²) in [6.45, 7) is 5.82. The zero-order valence-corrected chi connectivity index (χ0v) is 18.8. The van der Waals surface area contributed by atoms with E-state index in [1.165, 1.54) is 12.1 Å². The van der Waals surface area contributed by atoms with Gasteiger partial charge in [-0.05, 0) is 31.2 Å². The molecule has 32 heavy (non-hydrogen) atoms. The van der Waals surface area contributed by atoms with Crippen LogP contribution in [0.5, 0.6) is 11.5 Å². The van der Waals surface area contributed by atoms with E-state index in [4.69, 9.17) is 19.3 Å². The number of sulfonamides is 1. The maximum Gasteiger partial charge on any atom is 0.256 e. The Morgan fingerprint density at radius 3 is 2.56 bits per heavy atom. The third-order valence-electron chi connectivity index (χ3n) is 5.56. The number of primary sulfonamides is 1. The van der Waals surface area contributed by atoms with Gasteiger partial charge in [0.15, 0.2) is 11.5 Å². The van der Waals surface area contributed by atoms with Crippen molar-refractivity contribution in [2.24, 2.45) is 5.14 Å². The van der Waals surface area contributed by atoms with Crippen LogP contribution in [0, 0.1) is 0 Å². The molecule has 0 spiro atoms. The second kappa shape index (κ2) is 9.35. The third-order valence-corrected chi connectivity index (χ3v) is 6.47. The largest absolute Gasteiger partial charge is 0.486 e. The number of para-hydroxylation sites is 1. The number of hydrogen-bond acceptors (Lipinski definition) is 7. The number of anilines is 1. The highest BCUT2D eigenvalue weighted by molar-refractivity contribution is 7.89. The van der Waals surface area contributed by atoms with Crippen LogP contribution in [0.4, 0.5) is 5.69 Å². The molecule has 0 aliphatic carbocycles. The van der Waals surface area contributed by atoms with Crippen molar-refractivity contribution in [2.45, 2.75) is 18.4 Å². The number of hydrogen-bond donors (Lipinski definition) is 1. The molecule has 0 bridgehead atoms. The van der Waals surface area contributed by atoms with Crippen LogP contribution in [0.2, 0.25) is 0 Å². The van der Waals surface area contributed by atoms with E-state index < -0.39 is 10.0 Å². The Morgan fingerprint density at radius 2 is 1.84 bits per heavy atom. The normalized spacial score (nSPS) is 16.0. The number of benzene rings is 2. The van der Waals surface area contributed by atoms with Gasteiger partial charge in [0.2, 0.25) is 10.0 Å². The summed E-state index contributed by atoms with van der Waals surface area (Å²) in [5.41, 5.74) is 1.79. The first-order valence-corrected chi connectivity index (χ1v) is 12.1. The summed E-state index contributed by atoms with van der Waals surface area (Å²) in [6, 6.07) is 10.0. The molecule has 0 atom stereocenters. The second-order valence-corrected chi connectivity index (χ2v) is 9.15. The molecule has 2 aromatic rings. The molecule has 1 amide bonds. The highest BCUT2D eigenvalue weighted by Crippen LogP contribution is 2.35. The van der Waals surface area contributed by atoms with E-state index in [1.54, 1.807) is 11.0 Å². The first-order valence-electron chi connectivity index (χ1n) is 10.5. The smallest absolute Gasteiger partial charge is 0.256 e. The quantitative estimate of drug-likeness (QED) is 0.696. The molecule has 0 aromatic heterocycles. The monoisotopic (exact) mass is 461 g/mol. The molecular formula is C22H27N3O6S. The van der Waals surface area contributed by atoms with Crippen LogP contribution in [0.3, 0.4) is 0 Å². The lowest BCUT2D eigenvalue weighted by atomic mass is 10.1. The van der Waals surface area contributed by atoms with E-state index in [9.17, 15) is 13.2 Å². The zero-order valence-electron chi connectivity index (χ0n) is 18.0. The van der Waals surface area contributed by atoms with E-state index in [2.05, 4.69) is 0 Å². The molecule has 4 rings (SSSR count). The van der Waals surface area contributed by atoms with Gasteiger partial charge in [-0.2, -0.15) is 0 Å². The Morgan fingerprint density at radius 1 is 1.09 bits per heavy atom. The van der Waals surface area contributed by atoms with Gasteiger partial charge in [0.05, 0.1) is 23.7 Å². The molecule has 2 aliphatic rings. The maximum atomic E-state index is 13.7.